The average Bonchev–Trinajstić information content (AvgIpc) is 2.28. The molecule has 2 aliphatic heterocycles. The van der Waals surface area contributed by atoms with Gasteiger partial charge in [0.2, 0.25) is 0 Å². The van der Waals surface area contributed by atoms with E-state index in [1.54, 1.807) is 0 Å². The zero-order chi connectivity index (χ0) is 6.81. The summed E-state index contributed by atoms with van der Waals surface area (Å²) in [4.78, 5) is 6.68. The Morgan fingerprint density at radius 1 is 1.30 bits per heavy atom. The van der Waals surface area contributed by atoms with E-state index in [9.17, 15) is 0 Å². The van der Waals surface area contributed by atoms with Gasteiger partial charge in [0.25, 0.3) is 0 Å². The molecule has 0 aromatic rings. The summed E-state index contributed by atoms with van der Waals surface area (Å²) in [6.45, 7) is 2.30. The third-order valence-electron chi connectivity index (χ3n) is 2.47. The van der Waals surface area contributed by atoms with Crippen molar-refractivity contribution >= 4 is 6.34 Å². The van der Waals surface area contributed by atoms with E-state index in [4.69, 9.17) is 0 Å². The summed E-state index contributed by atoms with van der Waals surface area (Å²) in [7, 11) is 0. The molecule has 0 bridgehead atoms. The monoisotopic (exact) mass is 138 g/mol. The number of hydrogen-bond acceptors (Lipinski definition) is 2. The quantitative estimate of drug-likeness (QED) is 0.492. The minimum absolute atomic E-state index is 0.766. The maximum Gasteiger partial charge on any atom is 0.0853 e. The number of fused-ring (bicyclic) bond motifs is 1. The van der Waals surface area contributed by atoms with E-state index >= 15 is 0 Å². The molecular formula is C8H14N2. The molecule has 0 N–H and O–H groups in total. The summed E-state index contributed by atoms with van der Waals surface area (Å²) in [5.41, 5.74) is 0. The van der Waals surface area contributed by atoms with Gasteiger partial charge >= 0.3 is 0 Å². The van der Waals surface area contributed by atoms with Crippen molar-refractivity contribution < 1.29 is 0 Å². The number of rotatable bonds is 0. The molecule has 0 amide bonds. The number of nitrogens with zero attached hydrogens (tertiary/aromatic N) is 2. The first-order valence-corrected chi connectivity index (χ1v) is 4.22. The van der Waals surface area contributed by atoms with Crippen LogP contribution < -0.4 is 0 Å². The van der Waals surface area contributed by atoms with Gasteiger partial charge in [-0.15, -0.1) is 0 Å². The molecule has 1 saturated heterocycles. The molecule has 0 aromatic heterocycles. The van der Waals surface area contributed by atoms with Gasteiger partial charge in [-0.1, -0.05) is 12.8 Å². The summed E-state index contributed by atoms with van der Waals surface area (Å²) in [5.74, 6) is 0. The second-order valence-electron chi connectivity index (χ2n) is 3.22. The highest BCUT2D eigenvalue weighted by Gasteiger charge is 2.21. The van der Waals surface area contributed by atoms with Crippen LogP contribution in [0.15, 0.2) is 4.99 Å². The smallest absolute Gasteiger partial charge is 0.0853 e. The van der Waals surface area contributed by atoms with Crippen molar-refractivity contribution in [1.29, 1.82) is 0 Å². The largest absolute Gasteiger partial charge is 0.358 e. The zero-order valence-electron chi connectivity index (χ0n) is 6.29. The van der Waals surface area contributed by atoms with Crippen LogP contribution in [0.2, 0.25) is 0 Å². The molecule has 2 heterocycles. The molecule has 56 valence electrons. The van der Waals surface area contributed by atoms with Crippen molar-refractivity contribution in [3.63, 3.8) is 0 Å². The molecule has 1 unspecified atom stereocenters. The standard InChI is InChI=1S/C8H14N2/c1-2-4-8-6-9-7-10(8)5-3-1/h7-8H,1-6H2. The van der Waals surface area contributed by atoms with Gasteiger partial charge in [-0.05, 0) is 12.8 Å². The van der Waals surface area contributed by atoms with E-state index in [1.165, 1.54) is 32.2 Å². The van der Waals surface area contributed by atoms with Gasteiger partial charge in [-0.3, -0.25) is 4.99 Å². The summed E-state index contributed by atoms with van der Waals surface area (Å²) in [6.07, 6.45) is 7.59. The highest BCUT2D eigenvalue weighted by atomic mass is 15.2. The van der Waals surface area contributed by atoms with Gasteiger partial charge in [-0.2, -0.15) is 0 Å². The van der Waals surface area contributed by atoms with Crippen LogP contribution in [-0.2, 0) is 0 Å². The Bertz CT molecular complexity index is 142. The predicted molar refractivity (Wildman–Crippen MR) is 42.3 cm³/mol. The van der Waals surface area contributed by atoms with Crippen LogP contribution in [0.25, 0.3) is 0 Å². The van der Waals surface area contributed by atoms with Gasteiger partial charge in [0, 0.05) is 12.6 Å². The predicted octanol–water partition coefficient (Wildman–Crippen LogP) is 1.27. The maximum atomic E-state index is 4.27. The van der Waals surface area contributed by atoms with E-state index in [0.717, 1.165) is 12.6 Å². The van der Waals surface area contributed by atoms with Crippen LogP contribution >= 0.6 is 0 Å². The van der Waals surface area contributed by atoms with Crippen LogP contribution in [0.1, 0.15) is 25.7 Å². The molecule has 1 atom stereocenters. The van der Waals surface area contributed by atoms with Crippen LogP contribution in [-0.4, -0.2) is 30.4 Å². The maximum absolute atomic E-state index is 4.27. The van der Waals surface area contributed by atoms with Gasteiger partial charge in [0.05, 0.1) is 12.9 Å². The molecule has 2 nitrogen and oxygen atoms in total. The second kappa shape index (κ2) is 2.60. The molecular weight excluding hydrogens is 124 g/mol. The van der Waals surface area contributed by atoms with E-state index < -0.39 is 0 Å². The minimum Gasteiger partial charge on any atom is -0.358 e. The normalized spacial score (nSPS) is 32.0. The van der Waals surface area contributed by atoms with Crippen molar-refractivity contribution in [2.24, 2.45) is 4.99 Å². The van der Waals surface area contributed by atoms with Crippen LogP contribution in [0.5, 0.6) is 0 Å². The number of aliphatic imine (C=N–C) groups is 1. The van der Waals surface area contributed by atoms with Gasteiger partial charge in [0.1, 0.15) is 0 Å². The van der Waals surface area contributed by atoms with E-state index in [0.29, 0.717) is 0 Å². The number of hydrogen-bond donors (Lipinski definition) is 0. The Morgan fingerprint density at radius 2 is 2.30 bits per heavy atom. The SMILES string of the molecule is C1=NCC2CCCCCN12. The summed E-state index contributed by atoms with van der Waals surface area (Å²) >= 11 is 0. The molecule has 1 fully saturated rings. The highest BCUT2D eigenvalue weighted by molar-refractivity contribution is 5.58. The van der Waals surface area contributed by atoms with Crippen LogP contribution in [0.4, 0.5) is 0 Å². The first kappa shape index (κ1) is 6.20. The summed E-state index contributed by atoms with van der Waals surface area (Å²) < 4.78 is 0. The Morgan fingerprint density at radius 3 is 3.30 bits per heavy atom. The second-order valence-corrected chi connectivity index (χ2v) is 3.22. The van der Waals surface area contributed by atoms with Gasteiger partial charge < -0.3 is 4.90 Å². The van der Waals surface area contributed by atoms with E-state index in [1.807, 2.05) is 6.34 Å². The molecule has 0 aliphatic carbocycles. The molecule has 2 aliphatic rings. The Kier molecular flexibility index (Phi) is 1.61. The molecule has 2 heteroatoms. The van der Waals surface area contributed by atoms with Crippen molar-refractivity contribution in [2.75, 3.05) is 13.1 Å². The lowest BCUT2D eigenvalue weighted by molar-refractivity contribution is 0.357. The Labute approximate surface area is 61.9 Å². The fourth-order valence-electron chi connectivity index (χ4n) is 1.82. The average molecular weight is 138 g/mol. The molecule has 2 rings (SSSR count). The van der Waals surface area contributed by atoms with Crippen molar-refractivity contribution in [3.8, 4) is 0 Å². The first-order valence-electron chi connectivity index (χ1n) is 4.22. The van der Waals surface area contributed by atoms with Crippen LogP contribution in [0.3, 0.4) is 0 Å². The van der Waals surface area contributed by atoms with Crippen molar-refractivity contribution in [3.05, 3.63) is 0 Å². The fraction of sp³-hybridized carbons (Fsp3) is 0.875. The summed E-state index contributed by atoms with van der Waals surface area (Å²) in [6, 6.07) is 0.766. The zero-order valence-corrected chi connectivity index (χ0v) is 6.29. The molecule has 0 aromatic carbocycles. The minimum atomic E-state index is 0.766. The van der Waals surface area contributed by atoms with Crippen LogP contribution in [0, 0.1) is 0 Å². The molecule has 0 spiro atoms. The molecule has 0 radical (unpaired) electrons. The topological polar surface area (TPSA) is 15.6 Å². The van der Waals surface area contributed by atoms with Gasteiger partial charge in [0.15, 0.2) is 0 Å². The molecule has 0 saturated carbocycles. The highest BCUT2D eigenvalue weighted by Crippen LogP contribution is 2.18. The lowest BCUT2D eigenvalue weighted by Gasteiger charge is -2.19. The third-order valence-corrected chi connectivity index (χ3v) is 2.47. The van der Waals surface area contributed by atoms with E-state index in [-0.39, 0.29) is 0 Å². The lowest BCUT2D eigenvalue weighted by atomic mass is 10.1. The lowest BCUT2D eigenvalue weighted by Crippen LogP contribution is -2.30. The third kappa shape index (κ3) is 1.02. The van der Waals surface area contributed by atoms with Crippen molar-refractivity contribution in [1.82, 2.24) is 4.90 Å². The van der Waals surface area contributed by atoms with E-state index in [2.05, 4.69) is 9.89 Å². The first-order chi connectivity index (χ1) is 4.97. The van der Waals surface area contributed by atoms with Gasteiger partial charge in [-0.25, -0.2) is 0 Å². The Hall–Kier alpha value is -0.530. The molecule has 10 heavy (non-hydrogen) atoms. The van der Waals surface area contributed by atoms with Crippen molar-refractivity contribution in [2.45, 2.75) is 31.7 Å². The summed E-state index contributed by atoms with van der Waals surface area (Å²) in [5, 5.41) is 0. The fourth-order valence-corrected chi connectivity index (χ4v) is 1.82. The Balaban J connectivity index is 2.00.